The van der Waals surface area contributed by atoms with E-state index in [1.165, 1.54) is 0 Å². The van der Waals surface area contributed by atoms with Crippen molar-refractivity contribution in [3.8, 4) is 5.75 Å². The predicted octanol–water partition coefficient (Wildman–Crippen LogP) is 2.58. The number of phenolic OH excluding ortho intramolecular Hbond substituents is 1. The van der Waals surface area contributed by atoms with Gasteiger partial charge in [-0.3, -0.25) is 10.1 Å². The van der Waals surface area contributed by atoms with Crippen LogP contribution in [0.2, 0.25) is 0 Å². The number of carboxylic acids is 1. The maximum absolute atomic E-state index is 11.3. The normalized spacial score (nSPS) is 25.5. The minimum absolute atomic E-state index is 0.198. The van der Waals surface area contributed by atoms with E-state index in [2.05, 4.69) is 5.32 Å². The van der Waals surface area contributed by atoms with Gasteiger partial charge in [0, 0.05) is 10.3 Å². The summed E-state index contributed by atoms with van der Waals surface area (Å²) >= 11 is 1.54. The molecule has 1 aromatic rings. The fraction of sp³-hybridized carbons (Fsp3) is 0.500. The first-order chi connectivity index (χ1) is 8.74. The van der Waals surface area contributed by atoms with E-state index in [1.54, 1.807) is 11.8 Å². The third-order valence-corrected chi connectivity index (χ3v) is 5.03. The van der Waals surface area contributed by atoms with Crippen LogP contribution in [0.1, 0.15) is 35.9 Å². The second-order valence-corrected chi connectivity index (χ2v) is 7.26. The van der Waals surface area contributed by atoms with E-state index in [0.29, 0.717) is 0 Å². The molecule has 0 bridgehead atoms. The molecule has 0 aromatic heterocycles. The van der Waals surface area contributed by atoms with E-state index in [9.17, 15) is 15.0 Å². The smallest absolute Gasteiger partial charge is 0.322 e. The molecule has 4 nitrogen and oxygen atoms in total. The summed E-state index contributed by atoms with van der Waals surface area (Å²) in [6.45, 7) is 7.59. The molecule has 1 aromatic carbocycles. The van der Waals surface area contributed by atoms with Crippen molar-refractivity contribution in [3.05, 3.63) is 28.8 Å². The van der Waals surface area contributed by atoms with E-state index in [1.807, 2.05) is 39.8 Å². The molecular weight excluding hydrogens is 262 g/mol. The summed E-state index contributed by atoms with van der Waals surface area (Å²) in [4.78, 5) is 11.3. The third-order valence-electron chi connectivity index (χ3n) is 3.58. The number of aryl methyl sites for hydroxylation is 2. The topological polar surface area (TPSA) is 69.6 Å². The number of carbonyl (C=O) groups is 1. The quantitative estimate of drug-likeness (QED) is 0.777. The highest BCUT2D eigenvalue weighted by Gasteiger charge is 2.46. The lowest BCUT2D eigenvalue weighted by molar-refractivity contribution is -0.139. The SMILES string of the molecule is Cc1ccc(C)c(C2NC(C(=O)O)C(C)(C)S2)c1O. The van der Waals surface area contributed by atoms with Gasteiger partial charge in [0.25, 0.3) is 0 Å². The zero-order chi connectivity index (χ0) is 14.4. The van der Waals surface area contributed by atoms with Crippen LogP contribution in [0.3, 0.4) is 0 Å². The molecule has 19 heavy (non-hydrogen) atoms. The Morgan fingerprint density at radius 2 is 1.89 bits per heavy atom. The number of nitrogens with one attached hydrogen (secondary N) is 1. The minimum atomic E-state index is -0.857. The van der Waals surface area contributed by atoms with Crippen LogP contribution in [-0.4, -0.2) is 27.0 Å². The molecule has 1 aliphatic heterocycles. The Hall–Kier alpha value is -1.20. The Labute approximate surface area is 117 Å². The molecule has 3 N–H and O–H groups in total. The zero-order valence-electron chi connectivity index (χ0n) is 11.5. The lowest BCUT2D eigenvalue weighted by atomic mass is 10.0. The molecule has 1 saturated heterocycles. The van der Waals surface area contributed by atoms with Crippen LogP contribution in [0.25, 0.3) is 0 Å². The Morgan fingerprint density at radius 1 is 1.32 bits per heavy atom. The molecule has 2 unspecified atom stereocenters. The van der Waals surface area contributed by atoms with Crippen molar-refractivity contribution in [1.82, 2.24) is 5.32 Å². The molecule has 1 fully saturated rings. The average Bonchev–Trinajstić information content (AvgIpc) is 2.60. The second kappa shape index (κ2) is 4.72. The van der Waals surface area contributed by atoms with Crippen LogP contribution in [0.15, 0.2) is 12.1 Å². The number of aliphatic carboxylic acids is 1. The molecule has 0 spiro atoms. The van der Waals surface area contributed by atoms with E-state index in [-0.39, 0.29) is 11.1 Å². The van der Waals surface area contributed by atoms with E-state index < -0.39 is 16.8 Å². The summed E-state index contributed by atoms with van der Waals surface area (Å²) in [7, 11) is 0. The highest BCUT2D eigenvalue weighted by atomic mass is 32.2. The number of hydrogen-bond acceptors (Lipinski definition) is 4. The number of hydrogen-bond donors (Lipinski definition) is 3. The summed E-state index contributed by atoms with van der Waals surface area (Å²) in [6.07, 6.45) is 0. The second-order valence-electron chi connectivity index (χ2n) is 5.50. The predicted molar refractivity (Wildman–Crippen MR) is 76.6 cm³/mol. The van der Waals surface area contributed by atoms with Crippen LogP contribution in [0.5, 0.6) is 5.75 Å². The van der Waals surface area contributed by atoms with Gasteiger partial charge < -0.3 is 10.2 Å². The van der Waals surface area contributed by atoms with Gasteiger partial charge in [0.1, 0.15) is 11.8 Å². The van der Waals surface area contributed by atoms with Gasteiger partial charge in [-0.25, -0.2) is 0 Å². The summed E-state index contributed by atoms with van der Waals surface area (Å²) < 4.78 is -0.418. The molecule has 0 saturated carbocycles. The molecule has 0 amide bonds. The average molecular weight is 281 g/mol. The Kier molecular flexibility index (Phi) is 3.53. The number of rotatable bonds is 2. The number of aromatic hydroxyl groups is 1. The van der Waals surface area contributed by atoms with Gasteiger partial charge in [0.05, 0.1) is 5.37 Å². The standard InChI is InChI=1S/C14H19NO3S/c1-7-5-6-8(2)10(16)9(7)12-15-11(13(17)18)14(3,4)19-12/h5-6,11-12,15-16H,1-4H3,(H,17,18). The molecule has 0 radical (unpaired) electrons. The maximum Gasteiger partial charge on any atom is 0.322 e. The van der Waals surface area contributed by atoms with Gasteiger partial charge >= 0.3 is 5.97 Å². The third kappa shape index (κ3) is 2.44. The van der Waals surface area contributed by atoms with Crippen molar-refractivity contribution in [2.75, 3.05) is 0 Å². The molecule has 2 atom stereocenters. The van der Waals surface area contributed by atoms with E-state index in [0.717, 1.165) is 16.7 Å². The minimum Gasteiger partial charge on any atom is -0.507 e. The summed E-state index contributed by atoms with van der Waals surface area (Å²) in [5.41, 5.74) is 2.57. The van der Waals surface area contributed by atoms with Gasteiger partial charge in [-0.1, -0.05) is 12.1 Å². The molecule has 1 aliphatic rings. The van der Waals surface area contributed by atoms with Gasteiger partial charge in [0.2, 0.25) is 0 Å². The molecule has 0 aliphatic carbocycles. The number of benzene rings is 1. The summed E-state index contributed by atoms with van der Waals surface area (Å²) in [5.74, 6) is -0.600. The maximum atomic E-state index is 11.3. The van der Waals surface area contributed by atoms with E-state index >= 15 is 0 Å². The first-order valence-corrected chi connectivity index (χ1v) is 7.07. The highest BCUT2D eigenvalue weighted by Crippen LogP contribution is 2.49. The largest absolute Gasteiger partial charge is 0.507 e. The van der Waals surface area contributed by atoms with Crippen molar-refractivity contribution in [2.24, 2.45) is 0 Å². The first-order valence-electron chi connectivity index (χ1n) is 6.20. The Balaban J connectivity index is 2.41. The summed E-state index contributed by atoms with van der Waals surface area (Å²) in [6, 6.07) is 3.20. The fourth-order valence-corrected chi connectivity index (χ4v) is 3.95. The van der Waals surface area contributed by atoms with Crippen molar-refractivity contribution in [2.45, 2.75) is 43.9 Å². The molecule has 104 valence electrons. The van der Waals surface area contributed by atoms with Crippen LogP contribution in [0, 0.1) is 13.8 Å². The number of thioether (sulfide) groups is 1. The number of carboxylic acid groups (broad SMARTS) is 1. The van der Waals surface area contributed by atoms with Crippen molar-refractivity contribution in [1.29, 1.82) is 0 Å². The zero-order valence-corrected chi connectivity index (χ0v) is 12.3. The first kappa shape index (κ1) is 14.2. The van der Waals surface area contributed by atoms with Gasteiger partial charge in [0.15, 0.2) is 0 Å². The Morgan fingerprint density at radius 3 is 2.42 bits per heavy atom. The van der Waals surface area contributed by atoms with Crippen LogP contribution >= 0.6 is 11.8 Å². The fourth-order valence-electron chi connectivity index (χ4n) is 2.42. The van der Waals surface area contributed by atoms with Crippen LogP contribution in [0.4, 0.5) is 0 Å². The molecule has 5 heteroatoms. The molecule has 1 heterocycles. The van der Waals surface area contributed by atoms with Crippen LogP contribution in [-0.2, 0) is 4.79 Å². The Bertz CT molecular complexity index is 528. The van der Waals surface area contributed by atoms with Gasteiger partial charge in [-0.15, -0.1) is 11.8 Å². The van der Waals surface area contributed by atoms with E-state index in [4.69, 9.17) is 0 Å². The van der Waals surface area contributed by atoms with Crippen LogP contribution < -0.4 is 5.32 Å². The van der Waals surface area contributed by atoms with Crippen molar-refractivity contribution >= 4 is 17.7 Å². The van der Waals surface area contributed by atoms with Gasteiger partial charge in [-0.05, 0) is 38.8 Å². The lowest BCUT2D eigenvalue weighted by Crippen LogP contribution is -2.43. The van der Waals surface area contributed by atoms with Crippen molar-refractivity contribution < 1.29 is 15.0 Å². The lowest BCUT2D eigenvalue weighted by Gasteiger charge is -2.21. The summed E-state index contributed by atoms with van der Waals surface area (Å²) in [5, 5.41) is 22.4. The number of phenols is 1. The van der Waals surface area contributed by atoms with Crippen molar-refractivity contribution in [3.63, 3.8) is 0 Å². The molecule has 2 rings (SSSR count). The monoisotopic (exact) mass is 281 g/mol. The molecular formula is C14H19NO3S. The van der Waals surface area contributed by atoms with Gasteiger partial charge in [-0.2, -0.15) is 0 Å². The highest BCUT2D eigenvalue weighted by molar-refractivity contribution is 8.01.